The van der Waals surface area contributed by atoms with Gasteiger partial charge in [-0.1, -0.05) is 6.07 Å². The van der Waals surface area contributed by atoms with Crippen molar-refractivity contribution >= 4 is 17.7 Å². The molecule has 82 valence electrons. The molecule has 15 heavy (non-hydrogen) atoms. The van der Waals surface area contributed by atoms with Crippen LogP contribution in [0.4, 0.5) is 8.78 Å². The maximum atomic E-state index is 12.5. The van der Waals surface area contributed by atoms with Crippen LogP contribution in [-0.4, -0.2) is 22.4 Å². The highest BCUT2D eigenvalue weighted by atomic mass is 32.2. The summed E-state index contributed by atoms with van der Waals surface area (Å²) >= 11 is 0.889. The van der Waals surface area contributed by atoms with E-state index in [9.17, 15) is 18.7 Å². The zero-order chi connectivity index (χ0) is 11.6. The number of aromatic hydroxyl groups is 1. The van der Waals surface area contributed by atoms with Gasteiger partial charge in [0.15, 0.2) is 0 Å². The molecule has 3 nitrogen and oxygen atoms in total. The van der Waals surface area contributed by atoms with Crippen LogP contribution in [0.1, 0.15) is 22.3 Å². The molecular formula is C9H8F2O3S. The van der Waals surface area contributed by atoms with Crippen molar-refractivity contribution in [3.8, 4) is 5.75 Å². The average molecular weight is 234 g/mol. The largest absolute Gasteiger partial charge is 0.506 e. The minimum atomic E-state index is -2.74. The fraction of sp³-hybridized carbons (Fsp3) is 0.222. The number of halogens is 2. The molecule has 0 atom stereocenters. The maximum absolute atomic E-state index is 12.5. The van der Waals surface area contributed by atoms with E-state index < -0.39 is 18.1 Å². The first kappa shape index (κ1) is 11.8. The summed E-state index contributed by atoms with van der Waals surface area (Å²) in [5.74, 6) is -1.95. The minimum absolute atomic E-state index is 0.0927. The molecule has 0 bridgehead atoms. The normalized spacial score (nSPS) is 10.7. The van der Waals surface area contributed by atoms with Crippen LogP contribution in [0.15, 0.2) is 17.0 Å². The van der Waals surface area contributed by atoms with E-state index in [-0.39, 0.29) is 16.0 Å². The van der Waals surface area contributed by atoms with Gasteiger partial charge in [-0.05, 0) is 12.3 Å². The molecule has 0 aliphatic carbocycles. The summed E-state index contributed by atoms with van der Waals surface area (Å²) in [6.45, 7) is 0. The Kier molecular flexibility index (Phi) is 3.52. The molecule has 0 aromatic heterocycles. The van der Waals surface area contributed by atoms with Crippen LogP contribution >= 0.6 is 11.8 Å². The van der Waals surface area contributed by atoms with E-state index in [1.54, 1.807) is 0 Å². The standard InChI is InChI=1S/C9H8F2O3S/c1-15-7-5(8(10)11)3-2-4(6(7)12)9(13)14/h2-3,8,12H,1H3,(H,13,14). The van der Waals surface area contributed by atoms with Gasteiger partial charge in [-0.3, -0.25) is 0 Å². The lowest BCUT2D eigenvalue weighted by Crippen LogP contribution is -2.00. The third-order valence-electron chi connectivity index (χ3n) is 1.83. The first-order chi connectivity index (χ1) is 6.99. The average Bonchev–Trinajstić information content (AvgIpc) is 2.16. The van der Waals surface area contributed by atoms with Gasteiger partial charge < -0.3 is 10.2 Å². The van der Waals surface area contributed by atoms with Crippen molar-refractivity contribution in [2.45, 2.75) is 11.3 Å². The van der Waals surface area contributed by atoms with Crippen LogP contribution < -0.4 is 0 Å². The molecule has 0 aliphatic rings. The predicted molar refractivity (Wildman–Crippen MR) is 51.8 cm³/mol. The van der Waals surface area contributed by atoms with Crippen molar-refractivity contribution in [2.24, 2.45) is 0 Å². The zero-order valence-corrected chi connectivity index (χ0v) is 8.52. The first-order valence-corrected chi connectivity index (χ1v) is 5.12. The molecule has 0 radical (unpaired) electrons. The van der Waals surface area contributed by atoms with Gasteiger partial charge in [-0.25, -0.2) is 13.6 Å². The second kappa shape index (κ2) is 4.48. The van der Waals surface area contributed by atoms with Gasteiger partial charge in [0.25, 0.3) is 6.43 Å². The van der Waals surface area contributed by atoms with Crippen molar-refractivity contribution in [3.05, 3.63) is 23.3 Å². The monoisotopic (exact) mass is 234 g/mol. The lowest BCUT2D eigenvalue weighted by Gasteiger charge is -2.10. The molecule has 0 spiro atoms. The van der Waals surface area contributed by atoms with Crippen LogP contribution in [0.2, 0.25) is 0 Å². The van der Waals surface area contributed by atoms with Crippen LogP contribution in [0, 0.1) is 0 Å². The molecule has 1 rings (SSSR count). The number of carbonyl (C=O) groups is 1. The van der Waals surface area contributed by atoms with Crippen molar-refractivity contribution in [1.82, 2.24) is 0 Å². The van der Waals surface area contributed by atoms with Gasteiger partial charge in [0.05, 0.1) is 4.90 Å². The highest BCUT2D eigenvalue weighted by molar-refractivity contribution is 7.98. The van der Waals surface area contributed by atoms with E-state index in [2.05, 4.69) is 0 Å². The van der Waals surface area contributed by atoms with Crippen LogP contribution in [0.5, 0.6) is 5.75 Å². The van der Waals surface area contributed by atoms with Gasteiger partial charge >= 0.3 is 5.97 Å². The number of thioether (sulfide) groups is 1. The number of aromatic carboxylic acids is 1. The summed E-state index contributed by atoms with van der Waals surface area (Å²) in [6.07, 6.45) is -1.24. The summed E-state index contributed by atoms with van der Waals surface area (Å²) in [5, 5.41) is 18.1. The Balaban J connectivity index is 3.39. The highest BCUT2D eigenvalue weighted by Gasteiger charge is 2.20. The molecule has 1 aromatic carbocycles. The van der Waals surface area contributed by atoms with E-state index in [1.165, 1.54) is 6.26 Å². The van der Waals surface area contributed by atoms with Gasteiger partial charge in [0, 0.05) is 5.56 Å². The Labute approximate surface area is 88.7 Å². The Morgan fingerprint density at radius 3 is 2.47 bits per heavy atom. The third-order valence-corrected chi connectivity index (χ3v) is 2.67. The van der Waals surface area contributed by atoms with Crippen molar-refractivity contribution in [2.75, 3.05) is 6.26 Å². The van der Waals surface area contributed by atoms with E-state index in [4.69, 9.17) is 5.11 Å². The van der Waals surface area contributed by atoms with E-state index in [0.717, 1.165) is 23.9 Å². The number of carboxylic acid groups (broad SMARTS) is 1. The number of hydrogen-bond acceptors (Lipinski definition) is 3. The lowest BCUT2D eigenvalue weighted by molar-refractivity contribution is 0.0692. The quantitative estimate of drug-likeness (QED) is 0.789. The first-order valence-electron chi connectivity index (χ1n) is 3.90. The topological polar surface area (TPSA) is 57.5 Å². The summed E-state index contributed by atoms with van der Waals surface area (Å²) in [5.41, 5.74) is -0.728. The number of rotatable bonds is 3. The number of benzene rings is 1. The van der Waals surface area contributed by atoms with Crippen LogP contribution in [-0.2, 0) is 0 Å². The van der Waals surface area contributed by atoms with Gasteiger partial charge in [-0.2, -0.15) is 0 Å². The molecule has 0 aliphatic heterocycles. The fourth-order valence-electron chi connectivity index (χ4n) is 1.15. The van der Waals surface area contributed by atoms with E-state index in [0.29, 0.717) is 0 Å². The molecule has 0 unspecified atom stereocenters. The summed E-state index contributed by atoms with van der Waals surface area (Å²) in [4.78, 5) is 10.5. The molecule has 0 fully saturated rings. The maximum Gasteiger partial charge on any atom is 0.339 e. The zero-order valence-electron chi connectivity index (χ0n) is 7.70. The Morgan fingerprint density at radius 2 is 2.07 bits per heavy atom. The van der Waals surface area contributed by atoms with Gasteiger partial charge in [0.2, 0.25) is 0 Å². The molecular weight excluding hydrogens is 226 g/mol. The highest BCUT2D eigenvalue weighted by Crippen LogP contribution is 2.38. The Bertz CT molecular complexity index is 393. The Hall–Kier alpha value is -1.30. The number of carboxylic acids is 1. The second-order valence-electron chi connectivity index (χ2n) is 2.69. The molecule has 0 heterocycles. The molecule has 0 amide bonds. The minimum Gasteiger partial charge on any atom is -0.506 e. The second-order valence-corrected chi connectivity index (χ2v) is 3.51. The summed E-state index contributed by atoms with van der Waals surface area (Å²) in [7, 11) is 0. The number of hydrogen-bond donors (Lipinski definition) is 2. The molecule has 6 heteroatoms. The van der Waals surface area contributed by atoms with Gasteiger partial charge in [-0.15, -0.1) is 11.8 Å². The molecule has 0 saturated carbocycles. The van der Waals surface area contributed by atoms with Crippen molar-refractivity contribution in [3.63, 3.8) is 0 Å². The third kappa shape index (κ3) is 2.20. The molecule has 1 aromatic rings. The van der Waals surface area contributed by atoms with E-state index in [1.807, 2.05) is 0 Å². The Morgan fingerprint density at radius 1 is 1.47 bits per heavy atom. The van der Waals surface area contributed by atoms with Crippen LogP contribution in [0.3, 0.4) is 0 Å². The van der Waals surface area contributed by atoms with Crippen molar-refractivity contribution in [1.29, 1.82) is 0 Å². The van der Waals surface area contributed by atoms with Gasteiger partial charge in [0.1, 0.15) is 11.3 Å². The molecule has 0 saturated heterocycles. The predicted octanol–water partition coefficient (Wildman–Crippen LogP) is 2.75. The van der Waals surface area contributed by atoms with Crippen LogP contribution in [0.25, 0.3) is 0 Å². The number of alkyl halides is 2. The fourth-order valence-corrected chi connectivity index (χ4v) is 1.84. The SMILES string of the molecule is CSc1c(C(F)F)ccc(C(=O)O)c1O. The molecule has 2 N–H and O–H groups in total. The lowest BCUT2D eigenvalue weighted by atomic mass is 10.1. The number of phenols is 1. The summed E-state index contributed by atoms with van der Waals surface area (Å²) < 4.78 is 24.9. The van der Waals surface area contributed by atoms with Crippen molar-refractivity contribution < 1.29 is 23.8 Å². The van der Waals surface area contributed by atoms with E-state index >= 15 is 0 Å². The summed E-state index contributed by atoms with van der Waals surface area (Å²) in [6, 6.07) is 1.98. The smallest absolute Gasteiger partial charge is 0.339 e.